The van der Waals surface area contributed by atoms with Crippen molar-refractivity contribution in [3.8, 4) is 0 Å². The maximum atomic E-state index is 9.32. The van der Waals surface area contributed by atoms with E-state index in [1.54, 1.807) is 6.07 Å². The zero-order chi connectivity index (χ0) is 18.1. The fourth-order valence-electron chi connectivity index (χ4n) is 2.96. The quantitative estimate of drug-likeness (QED) is 0.473. The molecular formula is C18H27Cl2N3O2. The molecule has 5 nitrogen and oxygen atoms in total. The third-order valence-electron chi connectivity index (χ3n) is 4.37. The summed E-state index contributed by atoms with van der Waals surface area (Å²) in [6.07, 6.45) is 2.46. The van der Waals surface area contributed by atoms with Crippen LogP contribution in [0.4, 0.5) is 0 Å². The molecule has 7 heteroatoms. The van der Waals surface area contributed by atoms with Crippen molar-refractivity contribution in [2.24, 2.45) is 10.4 Å². The van der Waals surface area contributed by atoms with Crippen molar-refractivity contribution in [3.05, 3.63) is 33.8 Å². The van der Waals surface area contributed by atoms with Crippen LogP contribution in [0.1, 0.15) is 25.3 Å². The van der Waals surface area contributed by atoms with Crippen molar-refractivity contribution in [2.45, 2.75) is 26.2 Å². The molecule has 0 radical (unpaired) electrons. The lowest BCUT2D eigenvalue weighted by Crippen LogP contribution is -2.39. The van der Waals surface area contributed by atoms with Gasteiger partial charge in [0.05, 0.1) is 13.2 Å². The molecule has 1 aromatic rings. The third kappa shape index (κ3) is 6.66. The van der Waals surface area contributed by atoms with Gasteiger partial charge in [-0.3, -0.25) is 4.99 Å². The van der Waals surface area contributed by atoms with Crippen molar-refractivity contribution in [2.75, 3.05) is 39.5 Å². The number of nitrogens with one attached hydrogen (secondary N) is 2. The summed E-state index contributed by atoms with van der Waals surface area (Å²) in [4.78, 5) is 4.70. The molecule has 0 saturated carbocycles. The topological polar surface area (TPSA) is 65.9 Å². The highest BCUT2D eigenvalue weighted by Gasteiger charge is 2.34. The van der Waals surface area contributed by atoms with Crippen LogP contribution < -0.4 is 10.6 Å². The molecule has 2 rings (SSSR count). The maximum absolute atomic E-state index is 9.32. The predicted molar refractivity (Wildman–Crippen MR) is 104 cm³/mol. The Morgan fingerprint density at radius 2 is 2.04 bits per heavy atom. The zero-order valence-corrected chi connectivity index (χ0v) is 16.2. The van der Waals surface area contributed by atoms with Crippen LogP contribution in [0.2, 0.25) is 10.0 Å². The number of guanidine groups is 1. The molecule has 0 bridgehead atoms. The number of ether oxygens (including phenoxy) is 1. The second kappa shape index (κ2) is 10.2. The number of halogens is 2. The molecule has 0 aliphatic carbocycles. The lowest BCUT2D eigenvalue weighted by molar-refractivity contribution is 0.131. The summed E-state index contributed by atoms with van der Waals surface area (Å²) >= 11 is 12.1. The fraction of sp³-hybridized carbons (Fsp3) is 0.611. The number of benzene rings is 1. The van der Waals surface area contributed by atoms with E-state index in [9.17, 15) is 5.11 Å². The van der Waals surface area contributed by atoms with E-state index in [0.29, 0.717) is 23.2 Å². The summed E-state index contributed by atoms with van der Waals surface area (Å²) < 4.78 is 5.52. The SMILES string of the molecule is CCNC(=NCC1(CCO)CCOC1)NCCc1cc(Cl)cc(Cl)c1. The molecule has 0 amide bonds. The van der Waals surface area contributed by atoms with Gasteiger partial charge in [-0.15, -0.1) is 0 Å². The van der Waals surface area contributed by atoms with Gasteiger partial charge in [-0.25, -0.2) is 0 Å². The van der Waals surface area contributed by atoms with Crippen molar-refractivity contribution < 1.29 is 9.84 Å². The standard InChI is InChI=1S/C18H27Cl2N3O2/c1-2-21-17(23-12-18(4-7-24)5-8-25-13-18)22-6-3-14-9-15(19)11-16(20)10-14/h9-11,24H,2-8,12-13H2,1H3,(H2,21,22,23). The molecule has 1 saturated heterocycles. The molecule has 25 heavy (non-hydrogen) atoms. The van der Waals surface area contributed by atoms with Gasteiger partial charge in [0.2, 0.25) is 0 Å². The van der Waals surface area contributed by atoms with Crippen molar-refractivity contribution in [1.82, 2.24) is 10.6 Å². The number of hydrogen-bond acceptors (Lipinski definition) is 3. The summed E-state index contributed by atoms with van der Waals surface area (Å²) in [6, 6.07) is 5.58. The van der Waals surface area contributed by atoms with E-state index in [1.165, 1.54) is 0 Å². The van der Waals surface area contributed by atoms with Gasteiger partial charge in [0, 0.05) is 41.8 Å². The van der Waals surface area contributed by atoms with Gasteiger partial charge in [0.15, 0.2) is 5.96 Å². The molecule has 1 aliphatic heterocycles. The number of aliphatic imine (C=N–C) groups is 1. The highest BCUT2D eigenvalue weighted by atomic mass is 35.5. The summed E-state index contributed by atoms with van der Waals surface area (Å²) in [6.45, 7) is 5.77. The minimum atomic E-state index is -0.0441. The van der Waals surface area contributed by atoms with Crippen molar-refractivity contribution >= 4 is 29.2 Å². The highest BCUT2D eigenvalue weighted by Crippen LogP contribution is 2.32. The Balaban J connectivity index is 1.90. The summed E-state index contributed by atoms with van der Waals surface area (Å²) in [7, 11) is 0. The van der Waals surface area contributed by atoms with Crippen LogP contribution in [0, 0.1) is 5.41 Å². The normalized spacial score (nSPS) is 20.7. The summed E-state index contributed by atoms with van der Waals surface area (Å²) in [5.74, 6) is 0.778. The van der Waals surface area contributed by atoms with Gasteiger partial charge in [0.1, 0.15) is 0 Å². The van der Waals surface area contributed by atoms with Crippen molar-refractivity contribution in [3.63, 3.8) is 0 Å². The Hall–Kier alpha value is -1.01. The minimum absolute atomic E-state index is 0.0441. The molecule has 0 spiro atoms. The van der Waals surface area contributed by atoms with Crippen LogP contribution in [0.5, 0.6) is 0 Å². The van der Waals surface area contributed by atoms with E-state index >= 15 is 0 Å². The predicted octanol–water partition coefficient (Wildman–Crippen LogP) is 2.88. The van der Waals surface area contributed by atoms with Crippen LogP contribution >= 0.6 is 23.2 Å². The molecular weight excluding hydrogens is 361 g/mol. The molecule has 140 valence electrons. The molecule has 1 unspecified atom stereocenters. The summed E-state index contributed by atoms with van der Waals surface area (Å²) in [5, 5.41) is 17.2. The van der Waals surface area contributed by atoms with E-state index in [2.05, 4.69) is 10.6 Å². The molecule has 1 fully saturated rings. The Bertz CT molecular complexity index is 555. The van der Waals surface area contributed by atoms with E-state index in [0.717, 1.165) is 50.5 Å². The van der Waals surface area contributed by atoms with E-state index in [1.807, 2.05) is 19.1 Å². The van der Waals surface area contributed by atoms with Gasteiger partial charge in [-0.2, -0.15) is 0 Å². The van der Waals surface area contributed by atoms with Gasteiger partial charge >= 0.3 is 0 Å². The molecule has 0 aromatic heterocycles. The average molecular weight is 388 g/mol. The van der Waals surface area contributed by atoms with Crippen molar-refractivity contribution in [1.29, 1.82) is 0 Å². The molecule has 1 aromatic carbocycles. The third-order valence-corrected chi connectivity index (χ3v) is 4.81. The van der Waals surface area contributed by atoms with Crippen LogP contribution in [-0.4, -0.2) is 50.5 Å². The van der Waals surface area contributed by atoms with E-state index in [-0.39, 0.29) is 12.0 Å². The smallest absolute Gasteiger partial charge is 0.191 e. The number of hydrogen-bond donors (Lipinski definition) is 3. The van der Waals surface area contributed by atoms with E-state index < -0.39 is 0 Å². The Morgan fingerprint density at radius 1 is 1.28 bits per heavy atom. The number of aliphatic hydroxyl groups excluding tert-OH is 1. The monoisotopic (exact) mass is 387 g/mol. The highest BCUT2D eigenvalue weighted by molar-refractivity contribution is 6.34. The van der Waals surface area contributed by atoms with E-state index in [4.69, 9.17) is 32.9 Å². The van der Waals surface area contributed by atoms with Crippen LogP contribution in [0.25, 0.3) is 0 Å². The minimum Gasteiger partial charge on any atom is -0.396 e. The second-order valence-electron chi connectivity index (χ2n) is 6.43. The summed E-state index contributed by atoms with van der Waals surface area (Å²) in [5.41, 5.74) is 1.04. The lowest BCUT2D eigenvalue weighted by atomic mass is 9.84. The van der Waals surface area contributed by atoms with Gasteiger partial charge in [-0.1, -0.05) is 23.2 Å². The lowest BCUT2D eigenvalue weighted by Gasteiger charge is -2.24. The Labute approximate surface area is 159 Å². The zero-order valence-electron chi connectivity index (χ0n) is 14.7. The Kier molecular flexibility index (Phi) is 8.30. The molecule has 1 atom stereocenters. The second-order valence-corrected chi connectivity index (χ2v) is 7.30. The first-order valence-electron chi connectivity index (χ1n) is 8.73. The van der Waals surface area contributed by atoms with Crippen LogP contribution in [0.3, 0.4) is 0 Å². The number of rotatable bonds is 8. The maximum Gasteiger partial charge on any atom is 0.191 e. The molecule has 1 aliphatic rings. The van der Waals surface area contributed by atoms with Gasteiger partial charge in [0.25, 0.3) is 0 Å². The average Bonchev–Trinajstić information content (AvgIpc) is 3.01. The largest absolute Gasteiger partial charge is 0.396 e. The van der Waals surface area contributed by atoms with Crippen LogP contribution in [-0.2, 0) is 11.2 Å². The Morgan fingerprint density at radius 3 is 2.64 bits per heavy atom. The number of aliphatic hydroxyl groups is 1. The first-order chi connectivity index (χ1) is 12.1. The fourth-order valence-corrected chi connectivity index (χ4v) is 3.53. The first-order valence-corrected chi connectivity index (χ1v) is 9.48. The van der Waals surface area contributed by atoms with Crippen LogP contribution in [0.15, 0.2) is 23.2 Å². The van der Waals surface area contributed by atoms with Gasteiger partial charge < -0.3 is 20.5 Å². The van der Waals surface area contributed by atoms with Gasteiger partial charge in [-0.05, 0) is 49.9 Å². The molecule has 1 heterocycles. The first kappa shape index (κ1) is 20.3. The molecule has 3 N–H and O–H groups in total. The number of nitrogens with zero attached hydrogens (tertiary/aromatic N) is 1.